The summed E-state index contributed by atoms with van der Waals surface area (Å²) in [5.74, 6) is 0.984. The third kappa shape index (κ3) is 5.13. The molecule has 1 aliphatic heterocycles. The fourth-order valence-corrected chi connectivity index (χ4v) is 2.64. The molecule has 1 aromatic heterocycles. The van der Waals surface area contributed by atoms with E-state index in [9.17, 15) is 4.79 Å². The van der Waals surface area contributed by atoms with Gasteiger partial charge in [-0.1, -0.05) is 13.8 Å². The van der Waals surface area contributed by atoms with Crippen molar-refractivity contribution in [3.8, 4) is 0 Å². The Morgan fingerprint density at radius 2 is 2.36 bits per heavy atom. The highest BCUT2D eigenvalue weighted by atomic mass is 16.5. The van der Waals surface area contributed by atoms with Crippen molar-refractivity contribution in [1.29, 1.82) is 0 Å². The van der Waals surface area contributed by atoms with E-state index in [4.69, 9.17) is 5.21 Å². The van der Waals surface area contributed by atoms with Crippen molar-refractivity contribution in [2.75, 3.05) is 25.0 Å². The Kier molecular flexibility index (Phi) is 5.91. The lowest BCUT2D eigenvalue weighted by atomic mass is 10.2. The van der Waals surface area contributed by atoms with E-state index >= 15 is 0 Å². The third-order valence-corrected chi connectivity index (χ3v) is 3.57. The number of likely N-dealkylation sites (tertiary alicyclic amines) is 1. The molecule has 2 heterocycles. The summed E-state index contributed by atoms with van der Waals surface area (Å²) in [7, 11) is 0. The number of amides is 1. The minimum Gasteiger partial charge on any atom is -0.366 e. The van der Waals surface area contributed by atoms with Gasteiger partial charge >= 0.3 is 0 Å². The van der Waals surface area contributed by atoms with Crippen molar-refractivity contribution in [2.45, 2.75) is 26.3 Å². The zero-order chi connectivity index (χ0) is 15.9. The Morgan fingerprint density at radius 3 is 3.00 bits per heavy atom. The normalized spacial score (nSPS) is 19.0. The third-order valence-electron chi connectivity index (χ3n) is 3.57. The second-order valence-electron chi connectivity index (χ2n) is 6.07. The molecule has 6 heteroatoms. The summed E-state index contributed by atoms with van der Waals surface area (Å²) in [4.78, 5) is 17.7. The molecule has 2 rings (SSSR count). The van der Waals surface area contributed by atoms with Crippen molar-refractivity contribution in [2.24, 2.45) is 5.92 Å². The summed E-state index contributed by atoms with van der Waals surface area (Å²) in [6, 6.07) is 4.23. The number of anilines is 1. The standard InChI is InChI=1S/C16H24N4O2/c1-12(2)10-20-8-7-14(11-20)18-15-5-3-13(9-17-15)4-6-16(21)19-22/h3-6,9,12,14,22H,7-8,10-11H2,1-2H3,(H,17,18)(H,19,21)/t14-/m1/s1. The number of nitrogens with one attached hydrogen (secondary N) is 2. The van der Waals surface area contributed by atoms with E-state index in [1.807, 2.05) is 12.1 Å². The zero-order valence-electron chi connectivity index (χ0n) is 13.1. The number of hydrogen-bond acceptors (Lipinski definition) is 5. The summed E-state index contributed by atoms with van der Waals surface area (Å²) >= 11 is 0. The van der Waals surface area contributed by atoms with Crippen molar-refractivity contribution >= 4 is 17.8 Å². The molecule has 0 bridgehead atoms. The van der Waals surface area contributed by atoms with Gasteiger partial charge in [0.25, 0.3) is 5.91 Å². The summed E-state index contributed by atoms with van der Waals surface area (Å²) < 4.78 is 0. The van der Waals surface area contributed by atoms with Gasteiger partial charge in [-0.15, -0.1) is 0 Å². The molecule has 0 saturated carbocycles. The maximum absolute atomic E-state index is 10.9. The van der Waals surface area contributed by atoms with Gasteiger partial charge in [0.2, 0.25) is 0 Å². The fourth-order valence-electron chi connectivity index (χ4n) is 2.64. The number of hydroxylamine groups is 1. The second kappa shape index (κ2) is 7.91. The van der Waals surface area contributed by atoms with Gasteiger partial charge in [0, 0.05) is 37.9 Å². The first-order chi connectivity index (χ1) is 10.6. The van der Waals surface area contributed by atoms with E-state index in [0.717, 1.165) is 37.4 Å². The van der Waals surface area contributed by atoms with Gasteiger partial charge < -0.3 is 10.2 Å². The quantitative estimate of drug-likeness (QED) is 0.424. The second-order valence-corrected chi connectivity index (χ2v) is 6.07. The van der Waals surface area contributed by atoms with Crippen molar-refractivity contribution in [3.63, 3.8) is 0 Å². The van der Waals surface area contributed by atoms with Crippen LogP contribution in [0.4, 0.5) is 5.82 Å². The predicted octanol–water partition coefficient (Wildman–Crippen LogP) is 1.74. The molecule has 1 aromatic rings. The van der Waals surface area contributed by atoms with E-state index in [2.05, 4.69) is 29.0 Å². The summed E-state index contributed by atoms with van der Waals surface area (Å²) in [5, 5.41) is 11.9. The van der Waals surface area contributed by atoms with E-state index in [1.165, 1.54) is 6.08 Å². The average molecular weight is 304 g/mol. The van der Waals surface area contributed by atoms with Crippen LogP contribution in [0.3, 0.4) is 0 Å². The number of carbonyl (C=O) groups is 1. The fraction of sp³-hybridized carbons (Fsp3) is 0.500. The van der Waals surface area contributed by atoms with E-state index in [-0.39, 0.29) is 0 Å². The summed E-state index contributed by atoms with van der Waals surface area (Å²) in [5.41, 5.74) is 2.36. The van der Waals surface area contributed by atoms with Crippen LogP contribution in [-0.2, 0) is 4.79 Å². The van der Waals surface area contributed by atoms with Crippen LogP contribution < -0.4 is 10.8 Å². The van der Waals surface area contributed by atoms with Crippen molar-refractivity contribution < 1.29 is 10.0 Å². The van der Waals surface area contributed by atoms with Crippen LogP contribution >= 0.6 is 0 Å². The molecular weight excluding hydrogens is 280 g/mol. The van der Waals surface area contributed by atoms with Crippen LogP contribution in [0.25, 0.3) is 6.08 Å². The van der Waals surface area contributed by atoms with E-state index in [1.54, 1.807) is 17.8 Å². The molecule has 1 fully saturated rings. The number of pyridine rings is 1. The van der Waals surface area contributed by atoms with Crippen LogP contribution in [0.1, 0.15) is 25.8 Å². The minimum absolute atomic E-state index is 0.438. The number of aromatic nitrogens is 1. The SMILES string of the molecule is CC(C)CN1CC[C@@H](Nc2ccc(C=CC(=O)NO)cn2)C1. The molecular formula is C16H24N4O2. The summed E-state index contributed by atoms with van der Waals surface area (Å²) in [6.07, 6.45) is 5.68. The number of rotatable bonds is 6. The molecule has 0 radical (unpaired) electrons. The first-order valence-corrected chi connectivity index (χ1v) is 7.64. The van der Waals surface area contributed by atoms with Crippen LogP contribution in [0.2, 0.25) is 0 Å². The maximum Gasteiger partial charge on any atom is 0.267 e. The summed E-state index contributed by atoms with van der Waals surface area (Å²) in [6.45, 7) is 7.81. The Labute approximate surface area is 131 Å². The van der Waals surface area contributed by atoms with Gasteiger partial charge in [-0.3, -0.25) is 10.0 Å². The molecule has 1 saturated heterocycles. The highest BCUT2D eigenvalue weighted by molar-refractivity contribution is 5.90. The Bertz CT molecular complexity index is 513. The molecule has 120 valence electrons. The predicted molar refractivity (Wildman–Crippen MR) is 86.5 cm³/mol. The zero-order valence-corrected chi connectivity index (χ0v) is 13.1. The number of carbonyl (C=O) groups excluding carboxylic acids is 1. The maximum atomic E-state index is 10.9. The van der Waals surface area contributed by atoms with Crippen LogP contribution in [0.5, 0.6) is 0 Å². The molecule has 1 aliphatic rings. The van der Waals surface area contributed by atoms with Gasteiger partial charge in [0.05, 0.1) is 0 Å². The van der Waals surface area contributed by atoms with Crippen molar-refractivity contribution in [1.82, 2.24) is 15.4 Å². The molecule has 1 atom stereocenters. The van der Waals surface area contributed by atoms with Crippen LogP contribution in [0.15, 0.2) is 24.4 Å². The molecule has 0 unspecified atom stereocenters. The van der Waals surface area contributed by atoms with Crippen molar-refractivity contribution in [3.05, 3.63) is 30.0 Å². The molecule has 6 nitrogen and oxygen atoms in total. The lowest BCUT2D eigenvalue weighted by molar-refractivity contribution is -0.124. The largest absolute Gasteiger partial charge is 0.366 e. The van der Waals surface area contributed by atoms with Gasteiger partial charge in [0.15, 0.2) is 0 Å². The Hall–Kier alpha value is -1.92. The molecule has 1 amide bonds. The highest BCUT2D eigenvalue weighted by Gasteiger charge is 2.22. The number of hydrogen-bond donors (Lipinski definition) is 3. The molecule has 0 aromatic carbocycles. The Balaban J connectivity index is 1.84. The van der Waals surface area contributed by atoms with Gasteiger partial charge in [0.1, 0.15) is 5.82 Å². The number of nitrogens with zero attached hydrogens (tertiary/aromatic N) is 2. The lowest BCUT2D eigenvalue weighted by Crippen LogP contribution is -2.29. The first kappa shape index (κ1) is 16.5. The molecule has 3 N–H and O–H groups in total. The smallest absolute Gasteiger partial charge is 0.267 e. The monoisotopic (exact) mass is 304 g/mol. The molecule has 0 spiro atoms. The lowest BCUT2D eigenvalue weighted by Gasteiger charge is -2.18. The van der Waals surface area contributed by atoms with Crippen LogP contribution in [0, 0.1) is 5.92 Å². The van der Waals surface area contributed by atoms with Gasteiger partial charge in [-0.2, -0.15) is 0 Å². The first-order valence-electron chi connectivity index (χ1n) is 7.64. The topological polar surface area (TPSA) is 77.5 Å². The highest BCUT2D eigenvalue weighted by Crippen LogP contribution is 2.16. The Morgan fingerprint density at radius 1 is 1.55 bits per heavy atom. The minimum atomic E-state index is -0.557. The molecule has 0 aliphatic carbocycles. The average Bonchev–Trinajstić information content (AvgIpc) is 2.92. The van der Waals surface area contributed by atoms with Gasteiger partial charge in [-0.05, 0) is 36.1 Å². The van der Waals surface area contributed by atoms with Crippen LogP contribution in [-0.4, -0.2) is 46.7 Å². The van der Waals surface area contributed by atoms with E-state index < -0.39 is 5.91 Å². The molecule has 22 heavy (non-hydrogen) atoms. The van der Waals surface area contributed by atoms with E-state index in [0.29, 0.717) is 12.0 Å². The van der Waals surface area contributed by atoms with Gasteiger partial charge in [-0.25, -0.2) is 10.5 Å².